The number of alkyl halides is 2. The second-order valence-corrected chi connectivity index (χ2v) is 4.31. The molecule has 1 rings (SSSR count). The minimum atomic E-state index is -3.27. The second-order valence-electron chi connectivity index (χ2n) is 3.43. The summed E-state index contributed by atoms with van der Waals surface area (Å²) in [5, 5.41) is 0. The highest BCUT2D eigenvalue weighted by molar-refractivity contribution is 7.99. The number of benzene rings is 1. The number of thioether (sulfide) groups is 1. The number of hydrogen-bond acceptors (Lipinski definition) is 4. The molecular weight excluding hydrogens is 262 g/mol. The van der Waals surface area contributed by atoms with E-state index in [1.165, 1.54) is 30.5 Å². The van der Waals surface area contributed by atoms with E-state index in [-0.39, 0.29) is 5.75 Å². The van der Waals surface area contributed by atoms with Crippen molar-refractivity contribution in [2.45, 2.75) is 18.8 Å². The van der Waals surface area contributed by atoms with Gasteiger partial charge in [0.2, 0.25) is 0 Å². The predicted molar refractivity (Wildman–Crippen MR) is 66.1 cm³/mol. The Morgan fingerprint density at radius 1 is 1.33 bits per heavy atom. The van der Waals surface area contributed by atoms with Gasteiger partial charge in [-0.1, -0.05) is 6.92 Å². The Labute approximate surface area is 108 Å². The van der Waals surface area contributed by atoms with Gasteiger partial charge in [0.05, 0.1) is 12.2 Å². The number of esters is 1. The van der Waals surface area contributed by atoms with E-state index in [4.69, 9.17) is 4.74 Å². The van der Waals surface area contributed by atoms with E-state index < -0.39 is 11.4 Å². The lowest BCUT2D eigenvalue weighted by Crippen LogP contribution is -2.19. The third-order valence-corrected chi connectivity index (χ3v) is 2.56. The van der Waals surface area contributed by atoms with Crippen molar-refractivity contribution < 1.29 is 23.0 Å². The van der Waals surface area contributed by atoms with Crippen molar-refractivity contribution in [2.24, 2.45) is 0 Å². The van der Waals surface area contributed by atoms with Crippen LogP contribution in [0.5, 0.6) is 5.75 Å². The zero-order valence-electron chi connectivity index (χ0n) is 10.1. The topological polar surface area (TPSA) is 35.5 Å². The van der Waals surface area contributed by atoms with Crippen molar-refractivity contribution in [2.75, 3.05) is 12.9 Å². The van der Waals surface area contributed by atoms with Gasteiger partial charge in [-0.25, -0.2) is 4.79 Å². The zero-order valence-corrected chi connectivity index (χ0v) is 10.9. The van der Waals surface area contributed by atoms with Gasteiger partial charge in [-0.15, -0.1) is 0 Å². The highest BCUT2D eigenvalue weighted by Crippen LogP contribution is 2.30. The first-order chi connectivity index (χ1) is 8.48. The molecule has 0 N–H and O–H groups in total. The molecule has 0 bridgehead atoms. The molecule has 0 radical (unpaired) electrons. The average molecular weight is 276 g/mol. The lowest BCUT2D eigenvalue weighted by molar-refractivity contribution is -0.0875. The van der Waals surface area contributed by atoms with Crippen molar-refractivity contribution >= 4 is 17.7 Å². The van der Waals surface area contributed by atoms with Gasteiger partial charge in [-0.2, -0.15) is 8.78 Å². The van der Waals surface area contributed by atoms with Crippen molar-refractivity contribution in [3.8, 4) is 5.75 Å². The summed E-state index contributed by atoms with van der Waals surface area (Å²) in [6, 6.07) is 5.41. The van der Waals surface area contributed by atoms with Crippen LogP contribution in [0.1, 0.15) is 23.7 Å². The van der Waals surface area contributed by atoms with Crippen LogP contribution < -0.4 is 4.74 Å². The summed E-state index contributed by atoms with van der Waals surface area (Å²) in [5.41, 5.74) is -2.96. The highest BCUT2D eigenvalue weighted by Gasteiger charge is 2.30. The van der Waals surface area contributed by atoms with Crippen LogP contribution in [0.25, 0.3) is 0 Å². The van der Waals surface area contributed by atoms with Crippen LogP contribution in [0.2, 0.25) is 0 Å². The molecule has 0 aliphatic rings. The maximum atomic E-state index is 12.9. The third kappa shape index (κ3) is 4.52. The van der Waals surface area contributed by atoms with E-state index in [9.17, 15) is 13.6 Å². The fourth-order valence-corrected chi connectivity index (χ4v) is 1.30. The standard InChI is InChI=1S/C12H14F2O3S/c1-3-8-16-11(15)9-4-6-10(7-5-9)17-12(13,14)18-2/h4-7H,3,8H2,1-2H3. The fraction of sp³-hybridized carbons (Fsp3) is 0.417. The fourth-order valence-electron chi connectivity index (χ4n) is 1.12. The maximum absolute atomic E-state index is 12.9. The average Bonchev–Trinajstić information content (AvgIpc) is 2.36. The van der Waals surface area contributed by atoms with Gasteiger partial charge in [-0.05, 0) is 48.7 Å². The molecule has 0 saturated heterocycles. The maximum Gasteiger partial charge on any atom is 0.452 e. The van der Waals surface area contributed by atoms with Crippen LogP contribution in [0.3, 0.4) is 0 Å². The monoisotopic (exact) mass is 276 g/mol. The molecule has 0 aliphatic heterocycles. The molecule has 0 atom stereocenters. The van der Waals surface area contributed by atoms with E-state index in [0.717, 1.165) is 6.42 Å². The molecule has 0 amide bonds. The summed E-state index contributed by atoms with van der Waals surface area (Å²) in [5.74, 6) is -0.471. The molecule has 100 valence electrons. The van der Waals surface area contributed by atoms with Gasteiger partial charge >= 0.3 is 11.4 Å². The first-order valence-corrected chi connectivity index (χ1v) is 6.60. The number of carbonyl (C=O) groups excluding carboxylic acids is 1. The smallest absolute Gasteiger partial charge is 0.452 e. The van der Waals surface area contributed by atoms with Crippen molar-refractivity contribution in [1.29, 1.82) is 0 Å². The van der Waals surface area contributed by atoms with Gasteiger partial charge in [-0.3, -0.25) is 0 Å². The minimum absolute atomic E-state index is 0.00129. The molecule has 0 unspecified atom stereocenters. The molecule has 0 spiro atoms. The number of hydrogen-bond donors (Lipinski definition) is 0. The van der Waals surface area contributed by atoms with Gasteiger partial charge < -0.3 is 9.47 Å². The zero-order chi connectivity index (χ0) is 13.6. The Morgan fingerprint density at radius 2 is 1.94 bits per heavy atom. The van der Waals surface area contributed by atoms with E-state index in [2.05, 4.69) is 4.74 Å². The van der Waals surface area contributed by atoms with Gasteiger partial charge in [0.25, 0.3) is 0 Å². The number of halogens is 2. The van der Waals surface area contributed by atoms with Gasteiger partial charge in [0, 0.05) is 0 Å². The molecule has 3 nitrogen and oxygen atoms in total. The summed E-state index contributed by atoms with van der Waals surface area (Å²) < 4.78 is 35.2. The first kappa shape index (κ1) is 14.8. The Morgan fingerprint density at radius 3 is 2.44 bits per heavy atom. The van der Waals surface area contributed by atoms with Crippen LogP contribution in [-0.2, 0) is 4.74 Å². The molecule has 6 heteroatoms. The third-order valence-electron chi connectivity index (χ3n) is 2.00. The lowest BCUT2D eigenvalue weighted by Gasteiger charge is -2.14. The van der Waals surface area contributed by atoms with Crippen LogP contribution in [0, 0.1) is 0 Å². The van der Waals surface area contributed by atoms with Crippen LogP contribution in [0.15, 0.2) is 24.3 Å². The van der Waals surface area contributed by atoms with Gasteiger partial charge in [0.15, 0.2) is 0 Å². The Bertz CT molecular complexity index is 393. The second kappa shape index (κ2) is 6.58. The Kier molecular flexibility index (Phi) is 5.40. The van der Waals surface area contributed by atoms with Gasteiger partial charge in [0.1, 0.15) is 5.75 Å². The molecular formula is C12H14F2O3S. The van der Waals surface area contributed by atoms with E-state index in [1.807, 2.05) is 6.92 Å². The Balaban J connectivity index is 2.65. The number of ether oxygens (including phenoxy) is 2. The largest absolute Gasteiger partial charge is 0.462 e. The summed E-state index contributed by atoms with van der Waals surface area (Å²) in [6.45, 7) is 2.22. The van der Waals surface area contributed by atoms with Crippen LogP contribution in [-0.4, -0.2) is 24.3 Å². The van der Waals surface area contributed by atoms with Crippen LogP contribution in [0.4, 0.5) is 8.78 Å². The summed E-state index contributed by atoms with van der Waals surface area (Å²) in [4.78, 5) is 11.4. The summed E-state index contributed by atoms with van der Waals surface area (Å²) in [7, 11) is 0. The quantitative estimate of drug-likeness (QED) is 0.588. The van der Waals surface area contributed by atoms with E-state index in [0.29, 0.717) is 23.9 Å². The van der Waals surface area contributed by atoms with Crippen LogP contribution >= 0.6 is 11.8 Å². The summed E-state index contributed by atoms with van der Waals surface area (Å²) >= 11 is 0.296. The normalized spacial score (nSPS) is 11.1. The molecule has 18 heavy (non-hydrogen) atoms. The summed E-state index contributed by atoms with van der Waals surface area (Å²) in [6.07, 6.45) is 1.98. The van der Waals surface area contributed by atoms with E-state index in [1.54, 1.807) is 0 Å². The minimum Gasteiger partial charge on any atom is -0.462 e. The molecule has 1 aromatic rings. The number of carbonyl (C=O) groups is 1. The molecule has 0 fully saturated rings. The highest BCUT2D eigenvalue weighted by atomic mass is 32.2. The molecule has 0 saturated carbocycles. The molecule has 0 aliphatic carbocycles. The van der Waals surface area contributed by atoms with E-state index >= 15 is 0 Å². The van der Waals surface area contributed by atoms with Crippen molar-refractivity contribution in [3.05, 3.63) is 29.8 Å². The molecule has 1 aromatic carbocycles. The molecule has 0 heterocycles. The SMILES string of the molecule is CCCOC(=O)c1ccc(OC(F)(F)SC)cc1. The predicted octanol–water partition coefficient (Wildman–Crippen LogP) is 3.55. The first-order valence-electron chi connectivity index (χ1n) is 5.37. The van der Waals surface area contributed by atoms with Crippen molar-refractivity contribution in [1.82, 2.24) is 0 Å². The van der Waals surface area contributed by atoms with Crippen molar-refractivity contribution in [3.63, 3.8) is 0 Å². The Hall–Kier alpha value is -1.30. The number of rotatable bonds is 6. The lowest BCUT2D eigenvalue weighted by atomic mass is 10.2. The molecule has 0 aromatic heterocycles.